The minimum absolute atomic E-state index is 0.0548. The number of benzene rings is 1. The lowest BCUT2D eigenvalue weighted by molar-refractivity contribution is 0.0798. The van der Waals surface area contributed by atoms with Crippen molar-refractivity contribution >= 4 is 16.7 Å². The van der Waals surface area contributed by atoms with Crippen LogP contribution in [0.2, 0.25) is 0 Å². The molecule has 2 saturated carbocycles. The van der Waals surface area contributed by atoms with Gasteiger partial charge in [0.15, 0.2) is 5.82 Å². The first kappa shape index (κ1) is 25.9. The number of anilines is 1. The molecule has 8 nitrogen and oxygen atoms in total. The quantitative estimate of drug-likeness (QED) is 0.393. The van der Waals surface area contributed by atoms with Gasteiger partial charge in [0.1, 0.15) is 22.8 Å². The molecule has 0 spiro atoms. The number of β-amino-alcohol motifs (C(OH)–C–C–N with tert-alkyl or cyclic N) is 1. The van der Waals surface area contributed by atoms with E-state index >= 15 is 4.39 Å². The van der Waals surface area contributed by atoms with Crippen LogP contribution in [0.4, 0.5) is 10.2 Å². The molecule has 3 unspecified atom stereocenters. The second-order valence-electron chi connectivity index (χ2n) is 12.3. The molecule has 2 aromatic heterocycles. The Kier molecular flexibility index (Phi) is 6.74. The topological polar surface area (TPSA) is 104 Å². The van der Waals surface area contributed by atoms with Crippen LogP contribution in [0.1, 0.15) is 75.7 Å². The van der Waals surface area contributed by atoms with Gasteiger partial charge in [0.2, 0.25) is 0 Å². The second kappa shape index (κ2) is 10.4. The number of phenols is 1. The summed E-state index contributed by atoms with van der Waals surface area (Å²) in [7, 11) is 0. The number of aromatic nitrogens is 3. The third kappa shape index (κ3) is 4.57. The van der Waals surface area contributed by atoms with E-state index in [0.29, 0.717) is 48.4 Å². The van der Waals surface area contributed by atoms with Crippen LogP contribution < -0.4 is 15.0 Å². The summed E-state index contributed by atoms with van der Waals surface area (Å²) in [5.74, 6) is 0.436. The Bertz CT molecular complexity index is 1420. The van der Waals surface area contributed by atoms with Crippen molar-refractivity contribution in [1.29, 1.82) is 0 Å². The van der Waals surface area contributed by atoms with E-state index in [1.807, 2.05) is 11.0 Å². The molecule has 212 valence electrons. The Labute approximate surface area is 234 Å². The minimum atomic E-state index is -0.536. The van der Waals surface area contributed by atoms with Crippen molar-refractivity contribution in [3.05, 3.63) is 35.8 Å². The number of fused-ring (bicyclic) bond motifs is 2. The summed E-state index contributed by atoms with van der Waals surface area (Å²) >= 11 is 0. The third-order valence-electron chi connectivity index (χ3n) is 9.81. The Hall–Kier alpha value is -3.04. The molecule has 0 amide bonds. The number of pyridine rings is 1. The molecule has 40 heavy (non-hydrogen) atoms. The first-order chi connectivity index (χ1) is 19.5. The maximum absolute atomic E-state index is 16.5. The van der Waals surface area contributed by atoms with Gasteiger partial charge >= 0.3 is 6.01 Å². The minimum Gasteiger partial charge on any atom is -0.508 e. The molecule has 2 saturated heterocycles. The predicted molar refractivity (Wildman–Crippen MR) is 151 cm³/mol. The Morgan fingerprint density at radius 1 is 1.07 bits per heavy atom. The molecule has 4 fully saturated rings. The summed E-state index contributed by atoms with van der Waals surface area (Å²) in [6.45, 7) is 2.67. The monoisotopic (exact) mass is 547 g/mol. The van der Waals surface area contributed by atoms with Gasteiger partial charge in [-0.15, -0.1) is 0 Å². The molecule has 3 N–H and O–H groups in total. The standard InChI is InChI=1S/C31H38FN5O3/c32-26-27(23-15-20(38)9-10-22(23)19-5-1-6-19)34-16-24-28(26)35-30(36-29(24)37-14-3-7-21(39)17-37)40-18-31-11-2-8-25(31)33-13-4-12-31/h9-10,15-16,19,21,25,33,38-39H,1-8,11-14,17-18H2. The molecule has 0 bridgehead atoms. The Morgan fingerprint density at radius 3 is 2.77 bits per heavy atom. The average Bonchev–Trinajstić information content (AvgIpc) is 3.36. The number of hydrogen-bond donors (Lipinski definition) is 3. The fourth-order valence-corrected chi connectivity index (χ4v) is 7.41. The van der Waals surface area contributed by atoms with Gasteiger partial charge in [-0.3, -0.25) is 4.98 Å². The normalized spacial score (nSPS) is 27.0. The summed E-state index contributed by atoms with van der Waals surface area (Å²) in [5, 5.41) is 24.9. The lowest BCUT2D eigenvalue weighted by Crippen LogP contribution is -2.49. The molecule has 4 heterocycles. The number of phenolic OH excluding ortho intramolecular Hbond substituents is 1. The number of halogens is 1. The number of aliphatic hydroxyl groups is 1. The van der Waals surface area contributed by atoms with Crippen LogP contribution in [-0.2, 0) is 0 Å². The van der Waals surface area contributed by atoms with E-state index in [1.165, 1.54) is 6.42 Å². The van der Waals surface area contributed by atoms with Crippen LogP contribution in [0.3, 0.4) is 0 Å². The first-order valence-electron chi connectivity index (χ1n) is 15.0. The van der Waals surface area contributed by atoms with E-state index in [1.54, 1.807) is 18.3 Å². The van der Waals surface area contributed by atoms with Crippen LogP contribution in [0.25, 0.3) is 22.2 Å². The van der Waals surface area contributed by atoms with Crippen molar-refractivity contribution < 1.29 is 19.3 Å². The first-order valence-corrected chi connectivity index (χ1v) is 15.0. The highest BCUT2D eigenvalue weighted by Gasteiger charge is 2.45. The van der Waals surface area contributed by atoms with Crippen molar-refractivity contribution in [2.24, 2.45) is 5.41 Å². The average molecular weight is 548 g/mol. The number of nitrogens with one attached hydrogen (secondary N) is 1. The van der Waals surface area contributed by atoms with Crippen molar-refractivity contribution in [3.63, 3.8) is 0 Å². The summed E-state index contributed by atoms with van der Waals surface area (Å²) < 4.78 is 22.8. The van der Waals surface area contributed by atoms with Gasteiger partial charge < -0.3 is 25.2 Å². The van der Waals surface area contributed by atoms with Crippen molar-refractivity contribution in [2.45, 2.75) is 82.3 Å². The zero-order chi connectivity index (χ0) is 27.3. The number of ether oxygens (including phenoxy) is 1. The summed E-state index contributed by atoms with van der Waals surface area (Å²) in [5.41, 5.74) is 2.02. The third-order valence-corrected chi connectivity index (χ3v) is 9.81. The zero-order valence-electron chi connectivity index (χ0n) is 22.9. The predicted octanol–water partition coefficient (Wildman–Crippen LogP) is 5.07. The van der Waals surface area contributed by atoms with Crippen LogP contribution in [0.15, 0.2) is 24.4 Å². The fraction of sp³-hybridized carbons (Fsp3) is 0.581. The lowest BCUT2D eigenvalue weighted by Gasteiger charge is -2.39. The van der Waals surface area contributed by atoms with E-state index in [2.05, 4.69) is 15.3 Å². The number of aromatic hydroxyl groups is 1. The molecule has 7 rings (SSSR count). The van der Waals surface area contributed by atoms with Gasteiger partial charge in [0, 0.05) is 36.3 Å². The highest BCUT2D eigenvalue weighted by Crippen LogP contribution is 2.45. The number of piperidine rings is 2. The maximum atomic E-state index is 16.5. The van der Waals surface area contributed by atoms with E-state index in [-0.39, 0.29) is 28.4 Å². The molecule has 3 atom stereocenters. The molecule has 2 aliphatic heterocycles. The van der Waals surface area contributed by atoms with Crippen LogP contribution >= 0.6 is 0 Å². The summed E-state index contributed by atoms with van der Waals surface area (Å²) in [4.78, 5) is 16.0. The van der Waals surface area contributed by atoms with Gasteiger partial charge in [-0.25, -0.2) is 4.39 Å². The van der Waals surface area contributed by atoms with E-state index in [9.17, 15) is 10.2 Å². The second-order valence-corrected chi connectivity index (χ2v) is 12.3. The van der Waals surface area contributed by atoms with Crippen molar-refractivity contribution in [1.82, 2.24) is 20.3 Å². The van der Waals surface area contributed by atoms with Crippen LogP contribution in [0.5, 0.6) is 11.8 Å². The van der Waals surface area contributed by atoms with Crippen LogP contribution in [0, 0.1) is 11.2 Å². The van der Waals surface area contributed by atoms with Gasteiger partial charge in [0.25, 0.3) is 0 Å². The molecular weight excluding hydrogens is 509 g/mol. The van der Waals surface area contributed by atoms with Gasteiger partial charge in [-0.05, 0) is 81.5 Å². The van der Waals surface area contributed by atoms with Gasteiger partial charge in [-0.1, -0.05) is 18.9 Å². The molecule has 3 aromatic rings. The number of rotatable bonds is 6. The maximum Gasteiger partial charge on any atom is 0.319 e. The molecule has 4 aliphatic rings. The van der Waals surface area contributed by atoms with Crippen molar-refractivity contribution in [3.8, 4) is 23.0 Å². The van der Waals surface area contributed by atoms with Crippen LogP contribution in [-0.4, -0.2) is 63.6 Å². The highest BCUT2D eigenvalue weighted by molar-refractivity contribution is 5.92. The molecule has 0 radical (unpaired) electrons. The van der Waals surface area contributed by atoms with E-state index in [0.717, 1.165) is 69.9 Å². The zero-order valence-corrected chi connectivity index (χ0v) is 22.9. The summed E-state index contributed by atoms with van der Waals surface area (Å²) in [6, 6.07) is 5.77. The molecule has 2 aliphatic carbocycles. The van der Waals surface area contributed by atoms with Crippen molar-refractivity contribution in [2.75, 3.05) is 31.1 Å². The smallest absolute Gasteiger partial charge is 0.319 e. The molecular formula is C31H38FN5O3. The van der Waals surface area contributed by atoms with Gasteiger partial charge in [-0.2, -0.15) is 9.97 Å². The molecule has 1 aromatic carbocycles. The Morgan fingerprint density at radius 2 is 1.95 bits per heavy atom. The number of hydrogen-bond acceptors (Lipinski definition) is 8. The number of aliphatic hydroxyl groups excluding tert-OH is 1. The SMILES string of the molecule is Oc1ccc(C2CCC2)c(-c2ncc3c(N4CCCC(O)C4)nc(OCC45CCCNC4CCC5)nc3c2F)c1. The summed E-state index contributed by atoms with van der Waals surface area (Å²) in [6.07, 6.45) is 11.6. The number of nitrogens with zero attached hydrogens (tertiary/aromatic N) is 4. The lowest BCUT2D eigenvalue weighted by atomic mass is 9.76. The Balaban J connectivity index is 1.31. The van der Waals surface area contributed by atoms with Gasteiger partial charge in [0.05, 0.1) is 18.1 Å². The highest BCUT2D eigenvalue weighted by atomic mass is 19.1. The van der Waals surface area contributed by atoms with E-state index in [4.69, 9.17) is 9.72 Å². The fourth-order valence-electron chi connectivity index (χ4n) is 7.41. The largest absolute Gasteiger partial charge is 0.508 e. The molecule has 9 heteroatoms. The van der Waals surface area contributed by atoms with E-state index < -0.39 is 11.9 Å².